The van der Waals surface area contributed by atoms with Crippen LogP contribution in [0, 0.1) is 5.82 Å². The maximum Gasteiger partial charge on any atom is 0.420 e. The van der Waals surface area contributed by atoms with Gasteiger partial charge < -0.3 is 19.4 Å². The molecule has 1 aromatic carbocycles. The van der Waals surface area contributed by atoms with Gasteiger partial charge in [0.15, 0.2) is 0 Å². The highest BCUT2D eigenvalue weighted by Crippen LogP contribution is 2.27. The highest BCUT2D eigenvalue weighted by molar-refractivity contribution is 6.30. The average molecular weight is 376 g/mol. The predicted octanol–water partition coefficient (Wildman–Crippen LogP) is 3.65. The number of aldehydes is 1. The first-order valence-electron chi connectivity index (χ1n) is 7.28. The fourth-order valence-electron chi connectivity index (χ4n) is 1.92. The molecule has 138 valence electrons. The van der Waals surface area contributed by atoms with E-state index in [1.165, 1.54) is 12.1 Å². The summed E-state index contributed by atoms with van der Waals surface area (Å²) in [7, 11) is 0. The lowest BCUT2D eigenvalue weighted by molar-refractivity contribution is -0.112. The zero-order valence-corrected chi connectivity index (χ0v) is 14.7. The van der Waals surface area contributed by atoms with Gasteiger partial charge in [0.1, 0.15) is 24.3 Å². The van der Waals surface area contributed by atoms with Crippen LogP contribution in [0.2, 0.25) is 5.02 Å². The van der Waals surface area contributed by atoms with E-state index in [4.69, 9.17) is 21.1 Å². The summed E-state index contributed by atoms with van der Waals surface area (Å²) in [6, 6.07) is 2.37. The molecule has 1 atom stereocenters. The number of carbonyl (C=O) groups is 3. The fraction of sp³-hybridized carbons (Fsp3) is 0.438. The van der Waals surface area contributed by atoms with Crippen molar-refractivity contribution in [3.63, 3.8) is 0 Å². The standard InChI is InChI=1S/C16H19ClFNO6/c1-16(2,3)25-15(23)19(14(21)22)13(9-24-7-6-20)10-4-5-11(17)12(18)8-10/h4-6,8,13H,7,9H2,1-3H3,(H,21,22). The van der Waals surface area contributed by atoms with Gasteiger partial charge in [-0.3, -0.25) is 0 Å². The molecule has 0 radical (unpaired) electrons. The van der Waals surface area contributed by atoms with Gasteiger partial charge in [0, 0.05) is 0 Å². The van der Waals surface area contributed by atoms with Gasteiger partial charge in [-0.25, -0.2) is 18.9 Å². The van der Waals surface area contributed by atoms with Crippen LogP contribution >= 0.6 is 11.6 Å². The van der Waals surface area contributed by atoms with Gasteiger partial charge in [0.25, 0.3) is 0 Å². The molecule has 0 aliphatic rings. The Morgan fingerprint density at radius 1 is 1.40 bits per heavy atom. The van der Waals surface area contributed by atoms with Gasteiger partial charge in [0.2, 0.25) is 0 Å². The third-order valence-electron chi connectivity index (χ3n) is 2.90. The first-order chi connectivity index (χ1) is 11.6. The summed E-state index contributed by atoms with van der Waals surface area (Å²) < 4.78 is 23.9. The van der Waals surface area contributed by atoms with Gasteiger partial charge in [0.05, 0.1) is 17.7 Å². The normalized spacial score (nSPS) is 12.4. The first kappa shape index (κ1) is 20.9. The topological polar surface area (TPSA) is 93.1 Å². The van der Waals surface area contributed by atoms with E-state index >= 15 is 0 Å². The van der Waals surface area contributed by atoms with Crippen LogP contribution in [0.1, 0.15) is 32.4 Å². The van der Waals surface area contributed by atoms with Gasteiger partial charge in [-0.05, 0) is 38.5 Å². The molecule has 0 aliphatic heterocycles. The third-order valence-corrected chi connectivity index (χ3v) is 3.20. The summed E-state index contributed by atoms with van der Waals surface area (Å²) in [5.41, 5.74) is -0.814. The Bertz CT molecular complexity index is 646. The van der Waals surface area contributed by atoms with E-state index in [0.717, 1.165) is 6.07 Å². The molecule has 1 aromatic rings. The summed E-state index contributed by atoms with van der Waals surface area (Å²) in [4.78, 5) is 34.7. The number of hydrogen-bond acceptors (Lipinski definition) is 5. The minimum absolute atomic E-state index is 0.126. The highest BCUT2D eigenvalue weighted by Gasteiger charge is 2.35. The summed E-state index contributed by atoms with van der Waals surface area (Å²) in [6.07, 6.45) is -2.28. The molecule has 0 heterocycles. The van der Waals surface area contributed by atoms with Crippen molar-refractivity contribution < 1.29 is 33.4 Å². The van der Waals surface area contributed by atoms with Crippen LogP contribution in [-0.2, 0) is 14.3 Å². The van der Waals surface area contributed by atoms with Gasteiger partial charge >= 0.3 is 12.2 Å². The molecule has 25 heavy (non-hydrogen) atoms. The van der Waals surface area contributed by atoms with E-state index < -0.39 is 29.6 Å². The largest absolute Gasteiger partial charge is 0.465 e. The Hall–Kier alpha value is -2.19. The molecule has 9 heteroatoms. The number of imide groups is 1. The number of rotatable bonds is 6. The quantitative estimate of drug-likeness (QED) is 0.602. The second kappa shape index (κ2) is 8.77. The van der Waals surface area contributed by atoms with Crippen molar-refractivity contribution in [1.29, 1.82) is 0 Å². The van der Waals surface area contributed by atoms with Crippen LogP contribution < -0.4 is 0 Å². The summed E-state index contributed by atoms with van der Waals surface area (Å²) in [5.74, 6) is -0.783. The minimum Gasteiger partial charge on any atom is -0.465 e. The van der Waals surface area contributed by atoms with Gasteiger partial charge in [-0.1, -0.05) is 17.7 Å². The number of benzene rings is 1. The van der Waals surface area contributed by atoms with Crippen LogP contribution in [0.3, 0.4) is 0 Å². The molecule has 1 rings (SSSR count). The van der Waals surface area contributed by atoms with Crippen LogP contribution in [0.4, 0.5) is 14.0 Å². The molecule has 0 spiro atoms. The summed E-state index contributed by atoms with van der Waals surface area (Å²) in [6.45, 7) is 4.06. The van der Waals surface area contributed by atoms with Crippen molar-refractivity contribution in [2.24, 2.45) is 0 Å². The Morgan fingerprint density at radius 3 is 2.52 bits per heavy atom. The van der Waals surface area contributed by atoms with E-state index in [1.807, 2.05) is 0 Å². The second-order valence-corrected chi connectivity index (χ2v) is 6.43. The van der Waals surface area contributed by atoms with E-state index in [0.29, 0.717) is 11.2 Å². The molecule has 0 saturated carbocycles. The lowest BCUT2D eigenvalue weighted by Crippen LogP contribution is -2.44. The van der Waals surface area contributed by atoms with E-state index in [-0.39, 0.29) is 23.8 Å². The van der Waals surface area contributed by atoms with Gasteiger partial charge in [-0.2, -0.15) is 0 Å². The van der Waals surface area contributed by atoms with Crippen molar-refractivity contribution >= 4 is 30.1 Å². The van der Waals surface area contributed by atoms with Crippen molar-refractivity contribution in [2.45, 2.75) is 32.4 Å². The smallest absolute Gasteiger partial charge is 0.420 e. The molecule has 1 N–H and O–H groups in total. The molecule has 0 saturated heterocycles. The minimum atomic E-state index is -1.61. The van der Waals surface area contributed by atoms with Crippen LogP contribution in [-0.4, -0.2) is 47.3 Å². The number of hydrogen-bond donors (Lipinski definition) is 1. The Morgan fingerprint density at radius 2 is 2.04 bits per heavy atom. The lowest BCUT2D eigenvalue weighted by Gasteiger charge is -2.30. The lowest BCUT2D eigenvalue weighted by atomic mass is 10.1. The second-order valence-electron chi connectivity index (χ2n) is 6.03. The van der Waals surface area contributed by atoms with Gasteiger partial charge in [-0.15, -0.1) is 0 Å². The summed E-state index contributed by atoms with van der Waals surface area (Å²) in [5, 5.41) is 9.28. The molecular weight excluding hydrogens is 357 g/mol. The molecule has 0 aromatic heterocycles. The molecule has 7 nitrogen and oxygen atoms in total. The maximum absolute atomic E-state index is 13.8. The molecule has 0 bridgehead atoms. The number of halogens is 2. The number of nitrogens with zero attached hydrogens (tertiary/aromatic N) is 1. The number of amides is 2. The molecule has 0 aliphatic carbocycles. The first-order valence-corrected chi connectivity index (χ1v) is 7.66. The van der Waals surface area contributed by atoms with Crippen LogP contribution in [0.5, 0.6) is 0 Å². The van der Waals surface area contributed by atoms with Crippen molar-refractivity contribution in [2.75, 3.05) is 13.2 Å². The van der Waals surface area contributed by atoms with Crippen molar-refractivity contribution in [1.82, 2.24) is 4.90 Å². The maximum atomic E-state index is 13.8. The number of ether oxygens (including phenoxy) is 2. The van der Waals surface area contributed by atoms with E-state index in [1.54, 1.807) is 20.8 Å². The molecule has 2 amide bonds. The Labute approximate surface area is 149 Å². The Kier molecular flexibility index (Phi) is 7.32. The average Bonchev–Trinajstić information content (AvgIpc) is 2.47. The van der Waals surface area contributed by atoms with Crippen LogP contribution in [0.25, 0.3) is 0 Å². The van der Waals surface area contributed by atoms with Crippen molar-refractivity contribution in [3.05, 3.63) is 34.6 Å². The number of carbonyl (C=O) groups excluding carboxylic acids is 2. The Balaban J connectivity index is 3.24. The van der Waals surface area contributed by atoms with E-state index in [2.05, 4.69) is 0 Å². The zero-order valence-electron chi connectivity index (χ0n) is 14.0. The van der Waals surface area contributed by atoms with Crippen molar-refractivity contribution in [3.8, 4) is 0 Å². The van der Waals surface area contributed by atoms with E-state index in [9.17, 15) is 23.9 Å². The third kappa shape index (κ3) is 6.32. The molecule has 0 fully saturated rings. The fourth-order valence-corrected chi connectivity index (χ4v) is 2.03. The zero-order chi connectivity index (χ0) is 19.2. The summed E-state index contributed by atoms with van der Waals surface area (Å²) >= 11 is 5.63. The highest BCUT2D eigenvalue weighted by atomic mass is 35.5. The predicted molar refractivity (Wildman–Crippen MR) is 87.1 cm³/mol. The molecular formula is C16H19ClFNO6. The number of carboxylic acid groups (broad SMARTS) is 1. The molecule has 1 unspecified atom stereocenters. The SMILES string of the molecule is CC(C)(C)OC(=O)N(C(=O)O)C(COCC=O)c1ccc(Cl)c(F)c1. The monoisotopic (exact) mass is 375 g/mol. The van der Waals surface area contributed by atoms with Crippen LogP contribution in [0.15, 0.2) is 18.2 Å².